The standard InChI is InChI=1S/C18H14Cl2N4/c1-12-9-17(13-5-3-2-4-6-13)23-18(22-12)24-21-11-14-7-8-15(19)10-16(14)20/h2-11H,1H3,(H,22,23,24)/b21-11+. The van der Waals surface area contributed by atoms with Crippen molar-refractivity contribution in [2.75, 3.05) is 5.43 Å². The summed E-state index contributed by atoms with van der Waals surface area (Å²) < 4.78 is 0. The quantitative estimate of drug-likeness (QED) is 0.515. The van der Waals surface area contributed by atoms with Crippen LogP contribution in [0.15, 0.2) is 59.7 Å². The molecule has 0 unspecified atom stereocenters. The molecule has 0 bridgehead atoms. The van der Waals surface area contributed by atoms with Crippen LogP contribution in [0.1, 0.15) is 11.3 Å². The SMILES string of the molecule is Cc1cc(-c2ccccc2)nc(N/N=C/c2ccc(Cl)cc2Cl)n1. The molecule has 0 spiro atoms. The summed E-state index contributed by atoms with van der Waals surface area (Å²) >= 11 is 12.0. The Morgan fingerprint density at radius 2 is 1.79 bits per heavy atom. The third-order valence-corrected chi connectivity index (χ3v) is 3.82. The Balaban J connectivity index is 1.80. The minimum Gasteiger partial charge on any atom is -0.245 e. The third-order valence-electron chi connectivity index (χ3n) is 3.25. The zero-order valence-electron chi connectivity index (χ0n) is 12.9. The minimum atomic E-state index is 0.426. The van der Waals surface area contributed by atoms with Crippen LogP contribution < -0.4 is 5.43 Å². The van der Waals surface area contributed by atoms with Crippen LogP contribution in [0.3, 0.4) is 0 Å². The first-order valence-corrected chi connectivity index (χ1v) is 8.02. The number of anilines is 1. The first kappa shape index (κ1) is 16.4. The van der Waals surface area contributed by atoms with Crippen molar-refractivity contribution >= 4 is 35.4 Å². The van der Waals surface area contributed by atoms with Crippen LogP contribution in [0.25, 0.3) is 11.3 Å². The fourth-order valence-electron chi connectivity index (χ4n) is 2.14. The number of hydrogen-bond donors (Lipinski definition) is 1. The maximum Gasteiger partial charge on any atom is 0.244 e. The van der Waals surface area contributed by atoms with Crippen LogP contribution in [0, 0.1) is 6.92 Å². The van der Waals surface area contributed by atoms with Gasteiger partial charge in [-0.2, -0.15) is 5.10 Å². The van der Waals surface area contributed by atoms with Crippen molar-refractivity contribution < 1.29 is 0 Å². The summed E-state index contributed by atoms with van der Waals surface area (Å²) in [5.41, 5.74) is 6.31. The van der Waals surface area contributed by atoms with Gasteiger partial charge in [0.25, 0.3) is 0 Å². The van der Waals surface area contributed by atoms with E-state index in [1.165, 1.54) is 0 Å². The molecule has 1 N–H and O–H groups in total. The highest BCUT2D eigenvalue weighted by Gasteiger charge is 2.04. The van der Waals surface area contributed by atoms with Gasteiger partial charge in [-0.1, -0.05) is 59.6 Å². The van der Waals surface area contributed by atoms with Crippen molar-refractivity contribution in [2.24, 2.45) is 5.10 Å². The van der Waals surface area contributed by atoms with E-state index in [1.807, 2.05) is 43.3 Å². The highest BCUT2D eigenvalue weighted by atomic mass is 35.5. The van der Waals surface area contributed by atoms with E-state index in [4.69, 9.17) is 23.2 Å². The van der Waals surface area contributed by atoms with E-state index in [0.29, 0.717) is 16.0 Å². The molecule has 4 nitrogen and oxygen atoms in total. The largest absolute Gasteiger partial charge is 0.245 e. The molecule has 1 aromatic heterocycles. The number of hydrogen-bond acceptors (Lipinski definition) is 4. The molecule has 0 amide bonds. The van der Waals surface area contributed by atoms with Gasteiger partial charge < -0.3 is 0 Å². The number of nitrogens with zero attached hydrogens (tertiary/aromatic N) is 3. The topological polar surface area (TPSA) is 50.2 Å². The second-order valence-electron chi connectivity index (χ2n) is 5.12. The Hall–Kier alpha value is -2.43. The summed E-state index contributed by atoms with van der Waals surface area (Å²) in [5, 5.41) is 5.26. The fourth-order valence-corrected chi connectivity index (χ4v) is 2.60. The second-order valence-corrected chi connectivity index (χ2v) is 5.96. The van der Waals surface area contributed by atoms with Gasteiger partial charge in [-0.05, 0) is 25.1 Å². The summed E-state index contributed by atoms with van der Waals surface area (Å²) in [4.78, 5) is 8.82. The van der Waals surface area contributed by atoms with Crippen LogP contribution in [0.2, 0.25) is 10.0 Å². The van der Waals surface area contributed by atoms with Gasteiger partial charge in [0, 0.05) is 21.8 Å². The van der Waals surface area contributed by atoms with Crippen molar-refractivity contribution in [3.63, 3.8) is 0 Å². The van der Waals surface area contributed by atoms with Crippen molar-refractivity contribution in [1.82, 2.24) is 9.97 Å². The van der Waals surface area contributed by atoms with Crippen molar-refractivity contribution in [3.8, 4) is 11.3 Å². The molecular formula is C18H14Cl2N4. The number of rotatable bonds is 4. The second kappa shape index (κ2) is 7.43. The number of hydrazone groups is 1. The third kappa shape index (κ3) is 4.10. The van der Waals surface area contributed by atoms with Gasteiger partial charge in [-0.3, -0.25) is 0 Å². The minimum absolute atomic E-state index is 0.426. The van der Waals surface area contributed by atoms with E-state index >= 15 is 0 Å². The Bertz CT molecular complexity index is 879. The molecule has 0 atom stereocenters. The smallest absolute Gasteiger partial charge is 0.244 e. The molecule has 0 aliphatic rings. The molecule has 3 rings (SSSR count). The zero-order valence-corrected chi connectivity index (χ0v) is 14.4. The molecule has 3 aromatic rings. The van der Waals surface area contributed by atoms with E-state index < -0.39 is 0 Å². The zero-order chi connectivity index (χ0) is 16.9. The predicted octanol–water partition coefficient (Wildman–Crippen LogP) is 5.20. The average Bonchev–Trinajstić information content (AvgIpc) is 2.57. The molecule has 120 valence electrons. The van der Waals surface area contributed by atoms with E-state index in [2.05, 4.69) is 20.5 Å². The summed E-state index contributed by atoms with van der Waals surface area (Å²) in [6, 6.07) is 17.1. The fraction of sp³-hybridized carbons (Fsp3) is 0.0556. The highest BCUT2D eigenvalue weighted by Crippen LogP contribution is 2.20. The first-order valence-electron chi connectivity index (χ1n) is 7.27. The Morgan fingerprint density at radius 3 is 2.54 bits per heavy atom. The summed E-state index contributed by atoms with van der Waals surface area (Å²) in [6.45, 7) is 1.92. The molecular weight excluding hydrogens is 343 g/mol. The number of aromatic nitrogens is 2. The summed E-state index contributed by atoms with van der Waals surface area (Å²) in [6.07, 6.45) is 1.60. The maximum atomic E-state index is 6.11. The lowest BCUT2D eigenvalue weighted by Gasteiger charge is -2.05. The lowest BCUT2D eigenvalue weighted by atomic mass is 10.1. The lowest BCUT2D eigenvalue weighted by Crippen LogP contribution is -2.00. The van der Waals surface area contributed by atoms with Gasteiger partial charge in [0.05, 0.1) is 16.9 Å². The molecule has 2 aromatic carbocycles. The van der Waals surface area contributed by atoms with Gasteiger partial charge in [-0.15, -0.1) is 0 Å². The molecule has 24 heavy (non-hydrogen) atoms. The number of aryl methyl sites for hydroxylation is 1. The molecule has 1 heterocycles. The Labute approximate surface area is 150 Å². The normalized spacial score (nSPS) is 11.0. The Kier molecular flexibility index (Phi) is 5.08. The molecule has 0 saturated carbocycles. The molecule has 0 aliphatic heterocycles. The lowest BCUT2D eigenvalue weighted by molar-refractivity contribution is 1.08. The van der Waals surface area contributed by atoms with E-state index in [0.717, 1.165) is 22.5 Å². The number of benzene rings is 2. The Morgan fingerprint density at radius 1 is 1.00 bits per heavy atom. The summed E-state index contributed by atoms with van der Waals surface area (Å²) in [5.74, 6) is 0.426. The maximum absolute atomic E-state index is 6.11. The van der Waals surface area contributed by atoms with Gasteiger partial charge in [0.2, 0.25) is 5.95 Å². The first-order chi connectivity index (χ1) is 11.6. The van der Waals surface area contributed by atoms with Gasteiger partial charge in [0.1, 0.15) is 0 Å². The summed E-state index contributed by atoms with van der Waals surface area (Å²) in [7, 11) is 0. The number of halogens is 2. The molecule has 0 saturated heterocycles. The van der Waals surface area contributed by atoms with Crippen molar-refractivity contribution in [1.29, 1.82) is 0 Å². The van der Waals surface area contributed by atoms with E-state index in [9.17, 15) is 0 Å². The molecule has 0 fully saturated rings. The van der Waals surface area contributed by atoms with Crippen LogP contribution >= 0.6 is 23.2 Å². The monoisotopic (exact) mass is 356 g/mol. The molecule has 0 aliphatic carbocycles. The van der Waals surface area contributed by atoms with Crippen molar-refractivity contribution in [3.05, 3.63) is 75.9 Å². The van der Waals surface area contributed by atoms with E-state index in [1.54, 1.807) is 24.4 Å². The van der Waals surface area contributed by atoms with Crippen LogP contribution in [0.5, 0.6) is 0 Å². The average molecular weight is 357 g/mol. The van der Waals surface area contributed by atoms with Gasteiger partial charge in [-0.25, -0.2) is 15.4 Å². The predicted molar refractivity (Wildman–Crippen MR) is 99.9 cm³/mol. The highest BCUT2D eigenvalue weighted by molar-refractivity contribution is 6.36. The van der Waals surface area contributed by atoms with Gasteiger partial charge in [0.15, 0.2) is 0 Å². The number of nitrogens with one attached hydrogen (secondary N) is 1. The van der Waals surface area contributed by atoms with Crippen molar-refractivity contribution in [2.45, 2.75) is 6.92 Å². The van der Waals surface area contributed by atoms with Crippen LogP contribution in [-0.2, 0) is 0 Å². The van der Waals surface area contributed by atoms with Gasteiger partial charge >= 0.3 is 0 Å². The molecule has 0 radical (unpaired) electrons. The van der Waals surface area contributed by atoms with Crippen LogP contribution in [-0.4, -0.2) is 16.2 Å². The van der Waals surface area contributed by atoms with Crippen LogP contribution in [0.4, 0.5) is 5.95 Å². The molecule has 6 heteroatoms. The van der Waals surface area contributed by atoms with E-state index in [-0.39, 0.29) is 0 Å².